The van der Waals surface area contributed by atoms with Crippen LogP contribution in [0, 0.1) is 41.2 Å². The molecule has 1 unspecified atom stereocenters. The van der Waals surface area contributed by atoms with E-state index < -0.39 is 8.07 Å². The molecule has 3 fully saturated rings. The molecule has 9 rings (SSSR count). The molecule has 3 saturated carbocycles. The van der Waals surface area contributed by atoms with Crippen molar-refractivity contribution in [2.45, 2.75) is 58.2 Å². The number of hydrogen-bond donors (Lipinski definition) is 0. The number of benzene rings is 4. The SMILES string of the molecule is C[Si](C)(C)c1cnc(-c2[c-]cccc2)cc1CC1CC2CCC1CC2.N#Cc1c[c-]c(-c2ccc(-c3ccccc3)cn2)cc1-c1ccccc1.[Ir]. The zero-order valence-corrected chi connectivity index (χ0v) is 33.7. The van der Waals surface area contributed by atoms with E-state index in [0.29, 0.717) is 5.56 Å². The molecule has 5 heteroatoms. The van der Waals surface area contributed by atoms with E-state index in [2.05, 4.69) is 85.4 Å². The first-order valence-corrected chi connectivity index (χ1v) is 21.9. The molecular weight excluding hydrogens is 827 g/mol. The van der Waals surface area contributed by atoms with Crippen molar-refractivity contribution in [3.63, 3.8) is 0 Å². The number of hydrogen-bond acceptors (Lipinski definition) is 3. The minimum atomic E-state index is -1.38. The first-order valence-electron chi connectivity index (χ1n) is 18.4. The smallest absolute Gasteiger partial charge is 0.0798 e. The fourth-order valence-corrected chi connectivity index (χ4v) is 9.62. The molecule has 3 aliphatic rings. The van der Waals surface area contributed by atoms with Crippen molar-refractivity contribution < 1.29 is 20.1 Å². The molecule has 3 nitrogen and oxygen atoms in total. The van der Waals surface area contributed by atoms with Crippen molar-refractivity contribution in [1.82, 2.24) is 9.97 Å². The van der Waals surface area contributed by atoms with E-state index >= 15 is 0 Å². The molecule has 263 valence electrons. The van der Waals surface area contributed by atoms with Crippen LogP contribution in [0.15, 0.2) is 128 Å². The number of aromatic nitrogens is 2. The van der Waals surface area contributed by atoms with Crippen LogP contribution in [-0.4, -0.2) is 18.0 Å². The maximum atomic E-state index is 9.42. The standard InChI is InChI=1S/C24H15N2.C23H30NSi.Ir/c25-16-21-12-11-20(15-23(21)19-9-5-2-6-10-19)24-14-13-22(17-26-24)18-7-3-1-4-8-18;1-25(2,3)23-16-24-22(19-7-5-4-6-8-19)15-21(23)14-20-13-17-9-11-18(20)12-10-17;/h1-10,12-15,17H;4-7,15-18,20H,9-14H2,1-3H3;/q2*-1;. The van der Waals surface area contributed by atoms with Gasteiger partial charge in [0.2, 0.25) is 0 Å². The van der Waals surface area contributed by atoms with Crippen molar-refractivity contribution >= 4 is 13.3 Å². The van der Waals surface area contributed by atoms with Crippen LogP contribution in [0.3, 0.4) is 0 Å². The predicted octanol–water partition coefficient (Wildman–Crippen LogP) is 11.2. The van der Waals surface area contributed by atoms with E-state index in [4.69, 9.17) is 4.98 Å². The maximum Gasteiger partial charge on any atom is 0.0798 e. The molecule has 2 bridgehead atoms. The Morgan fingerprint density at radius 3 is 2.00 bits per heavy atom. The largest absolute Gasteiger partial charge is 0.305 e. The molecule has 52 heavy (non-hydrogen) atoms. The van der Waals surface area contributed by atoms with Gasteiger partial charge in [0.25, 0.3) is 0 Å². The van der Waals surface area contributed by atoms with Gasteiger partial charge in [0.1, 0.15) is 0 Å². The zero-order chi connectivity index (χ0) is 35.2. The van der Waals surface area contributed by atoms with Crippen LogP contribution in [0.2, 0.25) is 19.6 Å². The summed E-state index contributed by atoms with van der Waals surface area (Å²) in [6.07, 6.45) is 12.7. The van der Waals surface area contributed by atoms with E-state index in [1.807, 2.05) is 79.0 Å². The van der Waals surface area contributed by atoms with Gasteiger partial charge < -0.3 is 9.97 Å². The van der Waals surface area contributed by atoms with Gasteiger partial charge in [-0.3, -0.25) is 0 Å². The minimum Gasteiger partial charge on any atom is -0.305 e. The Hall–Kier alpha value is -4.46. The van der Waals surface area contributed by atoms with Gasteiger partial charge in [-0.05, 0) is 82.3 Å². The third-order valence-corrected chi connectivity index (χ3v) is 12.8. The number of rotatable bonds is 7. The van der Waals surface area contributed by atoms with Gasteiger partial charge in [0.15, 0.2) is 0 Å². The van der Waals surface area contributed by atoms with Gasteiger partial charge in [-0.15, -0.1) is 59.7 Å². The summed E-state index contributed by atoms with van der Waals surface area (Å²) in [6.45, 7) is 7.36. The summed E-state index contributed by atoms with van der Waals surface area (Å²) in [5.74, 6) is 2.88. The quantitative estimate of drug-likeness (QED) is 0.119. The molecule has 1 radical (unpaired) electrons. The Labute approximate surface area is 324 Å². The summed E-state index contributed by atoms with van der Waals surface area (Å²) in [5.41, 5.74) is 10.3. The van der Waals surface area contributed by atoms with Crippen molar-refractivity contribution in [2.24, 2.45) is 17.8 Å². The van der Waals surface area contributed by atoms with Crippen LogP contribution in [0.1, 0.15) is 43.2 Å². The van der Waals surface area contributed by atoms with Crippen LogP contribution in [0.5, 0.6) is 0 Å². The van der Waals surface area contributed by atoms with Gasteiger partial charge >= 0.3 is 0 Å². The van der Waals surface area contributed by atoms with Crippen molar-refractivity contribution in [2.75, 3.05) is 0 Å². The average molecular weight is 872 g/mol. The van der Waals surface area contributed by atoms with E-state index in [9.17, 15) is 5.26 Å². The number of fused-ring (bicyclic) bond motifs is 3. The monoisotopic (exact) mass is 872 g/mol. The molecule has 0 spiro atoms. The van der Waals surface area contributed by atoms with Gasteiger partial charge in [-0.2, -0.15) is 0 Å². The Kier molecular flexibility index (Phi) is 12.1. The number of nitriles is 1. The van der Waals surface area contributed by atoms with Gasteiger partial charge in [0, 0.05) is 38.6 Å². The molecule has 0 N–H and O–H groups in total. The second-order valence-electron chi connectivity index (χ2n) is 15.2. The first kappa shape index (κ1) is 37.3. The van der Waals surface area contributed by atoms with Gasteiger partial charge in [0.05, 0.1) is 8.07 Å². The predicted molar refractivity (Wildman–Crippen MR) is 213 cm³/mol. The summed E-state index contributed by atoms with van der Waals surface area (Å²) >= 11 is 0. The minimum absolute atomic E-state index is 0. The van der Waals surface area contributed by atoms with Crippen molar-refractivity contribution in [3.8, 4) is 50.8 Å². The summed E-state index contributed by atoms with van der Waals surface area (Å²) < 4.78 is 0. The Morgan fingerprint density at radius 1 is 0.712 bits per heavy atom. The Morgan fingerprint density at radius 2 is 1.40 bits per heavy atom. The van der Waals surface area contributed by atoms with Crippen LogP contribution in [0.25, 0.3) is 44.8 Å². The molecule has 3 aliphatic carbocycles. The third-order valence-electron chi connectivity index (χ3n) is 10.8. The van der Waals surface area contributed by atoms with Gasteiger partial charge in [-0.25, -0.2) is 5.26 Å². The number of nitrogens with zero attached hydrogens (tertiary/aromatic N) is 3. The second kappa shape index (κ2) is 16.9. The normalized spacial score (nSPS) is 17.6. The fourth-order valence-electron chi connectivity index (χ4n) is 8.03. The van der Waals surface area contributed by atoms with Gasteiger partial charge in [-0.1, -0.05) is 122 Å². The van der Waals surface area contributed by atoms with Crippen LogP contribution < -0.4 is 5.19 Å². The van der Waals surface area contributed by atoms with Crippen molar-refractivity contribution in [3.05, 3.63) is 151 Å². The Balaban J connectivity index is 0.000000175. The number of pyridine rings is 2. The van der Waals surface area contributed by atoms with Crippen LogP contribution in [0.4, 0.5) is 0 Å². The Bertz CT molecular complexity index is 2100. The summed E-state index contributed by atoms with van der Waals surface area (Å²) in [7, 11) is -1.38. The van der Waals surface area contributed by atoms with E-state index in [1.165, 1.54) is 38.5 Å². The maximum absolute atomic E-state index is 9.42. The molecular formula is C47H45IrN3Si-2. The van der Waals surface area contributed by atoms with Crippen LogP contribution in [-0.2, 0) is 26.5 Å². The molecule has 0 saturated heterocycles. The van der Waals surface area contributed by atoms with Crippen LogP contribution >= 0.6 is 0 Å². The average Bonchev–Trinajstić information content (AvgIpc) is 3.19. The molecule has 0 aliphatic heterocycles. The molecule has 2 aromatic heterocycles. The second-order valence-corrected chi connectivity index (χ2v) is 20.2. The zero-order valence-electron chi connectivity index (χ0n) is 30.3. The molecule has 6 aromatic rings. The summed E-state index contributed by atoms with van der Waals surface area (Å²) in [4.78, 5) is 9.42. The third kappa shape index (κ3) is 8.76. The topological polar surface area (TPSA) is 49.6 Å². The molecule has 4 aromatic carbocycles. The summed E-state index contributed by atoms with van der Waals surface area (Å²) in [5, 5.41) is 11.0. The first-order chi connectivity index (χ1) is 24.9. The van der Waals surface area contributed by atoms with Crippen molar-refractivity contribution in [1.29, 1.82) is 5.26 Å². The van der Waals surface area contributed by atoms with E-state index in [0.717, 1.165) is 62.5 Å². The molecule has 1 atom stereocenters. The van der Waals surface area contributed by atoms with E-state index in [-0.39, 0.29) is 20.1 Å². The van der Waals surface area contributed by atoms with E-state index in [1.54, 1.807) is 16.8 Å². The molecule has 0 amide bonds. The molecule has 2 heterocycles. The fraction of sp³-hybridized carbons (Fsp3) is 0.255. The summed E-state index contributed by atoms with van der Waals surface area (Å²) in [6, 6.07) is 47.3.